The van der Waals surface area contributed by atoms with E-state index in [9.17, 15) is 0 Å². The molecule has 0 aliphatic carbocycles. The number of anilines is 1. The van der Waals surface area contributed by atoms with Gasteiger partial charge in [0.15, 0.2) is 5.17 Å². The van der Waals surface area contributed by atoms with Crippen LogP contribution in [-0.4, -0.2) is 27.2 Å². The Labute approximate surface area is 87.8 Å². The van der Waals surface area contributed by atoms with Gasteiger partial charge in [0.1, 0.15) is 0 Å². The van der Waals surface area contributed by atoms with Crippen molar-refractivity contribution in [3.8, 4) is 0 Å². The first-order valence-electron chi connectivity index (χ1n) is 4.74. The molecule has 1 aromatic heterocycles. The predicted molar refractivity (Wildman–Crippen MR) is 61.0 cm³/mol. The molecule has 0 unspecified atom stereocenters. The first-order valence-corrected chi connectivity index (χ1v) is 5.72. The van der Waals surface area contributed by atoms with Crippen LogP contribution < -0.4 is 5.32 Å². The normalized spacial score (nSPS) is 16.1. The third-order valence-electron chi connectivity index (χ3n) is 1.97. The van der Waals surface area contributed by atoms with Crippen LogP contribution >= 0.6 is 11.8 Å². The lowest BCUT2D eigenvalue weighted by atomic mass is 10.4. The van der Waals surface area contributed by atoms with Crippen molar-refractivity contribution in [2.45, 2.75) is 19.9 Å². The second kappa shape index (κ2) is 4.04. The average molecular weight is 210 g/mol. The van der Waals surface area contributed by atoms with E-state index in [4.69, 9.17) is 0 Å². The molecule has 0 saturated heterocycles. The Morgan fingerprint density at radius 1 is 1.57 bits per heavy atom. The average Bonchev–Trinajstić information content (AvgIpc) is 2.75. The van der Waals surface area contributed by atoms with Gasteiger partial charge in [0.25, 0.3) is 0 Å². The smallest absolute Gasteiger partial charge is 0.161 e. The van der Waals surface area contributed by atoms with Crippen molar-refractivity contribution < 1.29 is 0 Å². The molecule has 14 heavy (non-hydrogen) atoms. The fourth-order valence-corrected chi connectivity index (χ4v) is 1.97. The predicted octanol–water partition coefficient (Wildman–Crippen LogP) is 1.98. The Kier molecular flexibility index (Phi) is 2.77. The van der Waals surface area contributed by atoms with Crippen LogP contribution in [0.25, 0.3) is 0 Å². The van der Waals surface area contributed by atoms with Crippen molar-refractivity contribution >= 4 is 22.6 Å². The highest BCUT2D eigenvalue weighted by Crippen LogP contribution is 2.16. The van der Waals surface area contributed by atoms with Crippen LogP contribution in [0.3, 0.4) is 0 Å². The highest BCUT2D eigenvalue weighted by atomic mass is 32.2. The maximum Gasteiger partial charge on any atom is 0.161 e. The molecule has 76 valence electrons. The van der Waals surface area contributed by atoms with E-state index < -0.39 is 0 Å². The summed E-state index contributed by atoms with van der Waals surface area (Å²) in [6.07, 6.45) is 3.84. The number of nitrogens with one attached hydrogen (secondary N) is 1. The van der Waals surface area contributed by atoms with Gasteiger partial charge in [-0.25, -0.2) is 0 Å². The quantitative estimate of drug-likeness (QED) is 0.811. The molecule has 0 bridgehead atoms. The van der Waals surface area contributed by atoms with Gasteiger partial charge in [-0.1, -0.05) is 11.8 Å². The van der Waals surface area contributed by atoms with Crippen LogP contribution in [0.1, 0.15) is 19.9 Å². The molecule has 2 rings (SSSR count). The summed E-state index contributed by atoms with van der Waals surface area (Å²) in [4.78, 5) is 4.32. The lowest BCUT2D eigenvalue weighted by Crippen LogP contribution is -2.04. The van der Waals surface area contributed by atoms with Crippen molar-refractivity contribution in [2.75, 3.05) is 17.6 Å². The number of thioether (sulfide) groups is 1. The molecule has 0 atom stereocenters. The SMILES string of the molecule is CC(C)n1cc(NC2=NCCS2)cn1. The van der Waals surface area contributed by atoms with Crippen LogP contribution in [0.15, 0.2) is 17.4 Å². The molecule has 1 aliphatic rings. The largest absolute Gasteiger partial charge is 0.332 e. The van der Waals surface area contributed by atoms with Crippen LogP contribution in [0, 0.1) is 0 Å². The summed E-state index contributed by atoms with van der Waals surface area (Å²) >= 11 is 1.76. The zero-order chi connectivity index (χ0) is 9.97. The van der Waals surface area contributed by atoms with Crippen molar-refractivity contribution in [3.05, 3.63) is 12.4 Å². The molecule has 0 radical (unpaired) electrons. The van der Waals surface area contributed by atoms with Crippen molar-refractivity contribution in [1.82, 2.24) is 9.78 Å². The van der Waals surface area contributed by atoms with Gasteiger partial charge in [-0.2, -0.15) is 5.10 Å². The number of aromatic nitrogens is 2. The molecule has 0 fully saturated rings. The minimum absolute atomic E-state index is 0.406. The van der Waals surface area contributed by atoms with E-state index in [1.165, 1.54) is 0 Å². The Hall–Kier alpha value is -0.970. The minimum Gasteiger partial charge on any atom is -0.332 e. The zero-order valence-corrected chi connectivity index (χ0v) is 9.21. The maximum atomic E-state index is 4.32. The zero-order valence-electron chi connectivity index (χ0n) is 8.40. The Morgan fingerprint density at radius 2 is 2.43 bits per heavy atom. The highest BCUT2D eigenvalue weighted by molar-refractivity contribution is 8.14. The third-order valence-corrected chi connectivity index (χ3v) is 2.86. The number of rotatable bonds is 2. The summed E-state index contributed by atoms with van der Waals surface area (Å²) in [5.41, 5.74) is 1.02. The number of hydrogen-bond donors (Lipinski definition) is 1. The fourth-order valence-electron chi connectivity index (χ4n) is 1.22. The summed E-state index contributed by atoms with van der Waals surface area (Å²) in [5, 5.41) is 8.50. The summed E-state index contributed by atoms with van der Waals surface area (Å²) < 4.78 is 1.93. The van der Waals surface area contributed by atoms with Crippen LogP contribution in [-0.2, 0) is 0 Å². The standard InChI is InChI=1S/C9H14N4S/c1-7(2)13-6-8(5-11-13)12-9-10-3-4-14-9/h5-7H,3-4H2,1-2H3,(H,10,12). The number of amidine groups is 1. The second-order valence-corrected chi connectivity index (χ2v) is 4.55. The van der Waals surface area contributed by atoms with E-state index in [2.05, 4.69) is 29.3 Å². The molecular weight excluding hydrogens is 196 g/mol. The molecular formula is C9H14N4S. The van der Waals surface area contributed by atoms with Gasteiger partial charge in [-0.3, -0.25) is 9.67 Å². The summed E-state index contributed by atoms with van der Waals surface area (Å²) in [7, 11) is 0. The van der Waals surface area contributed by atoms with E-state index in [0.29, 0.717) is 6.04 Å². The van der Waals surface area contributed by atoms with Crippen molar-refractivity contribution in [3.63, 3.8) is 0 Å². The molecule has 0 aromatic carbocycles. The number of hydrogen-bond acceptors (Lipinski definition) is 4. The summed E-state index contributed by atoms with van der Waals surface area (Å²) in [6.45, 7) is 5.14. The van der Waals surface area contributed by atoms with Gasteiger partial charge < -0.3 is 5.32 Å². The molecule has 5 heteroatoms. The lowest BCUT2D eigenvalue weighted by molar-refractivity contribution is 0.532. The molecule has 0 spiro atoms. The monoisotopic (exact) mass is 210 g/mol. The van der Waals surface area contributed by atoms with Gasteiger partial charge in [-0.15, -0.1) is 0 Å². The van der Waals surface area contributed by atoms with Crippen LogP contribution in [0.5, 0.6) is 0 Å². The first-order chi connectivity index (χ1) is 6.75. The first kappa shape index (κ1) is 9.58. The lowest BCUT2D eigenvalue weighted by Gasteiger charge is -2.03. The molecule has 0 amide bonds. The number of nitrogens with zero attached hydrogens (tertiary/aromatic N) is 3. The van der Waals surface area contributed by atoms with E-state index >= 15 is 0 Å². The Balaban J connectivity index is 2.02. The molecule has 2 heterocycles. The van der Waals surface area contributed by atoms with Gasteiger partial charge in [-0.05, 0) is 13.8 Å². The van der Waals surface area contributed by atoms with Gasteiger partial charge >= 0.3 is 0 Å². The Bertz CT molecular complexity index is 342. The van der Waals surface area contributed by atoms with Gasteiger partial charge in [0.05, 0.1) is 18.4 Å². The maximum absolute atomic E-state index is 4.32. The summed E-state index contributed by atoms with van der Waals surface area (Å²) in [5.74, 6) is 1.08. The van der Waals surface area contributed by atoms with E-state index in [-0.39, 0.29) is 0 Å². The topological polar surface area (TPSA) is 42.2 Å². The molecule has 4 nitrogen and oxygen atoms in total. The number of aliphatic imine (C=N–C) groups is 1. The second-order valence-electron chi connectivity index (χ2n) is 3.46. The molecule has 1 aliphatic heterocycles. The molecule has 1 N–H and O–H groups in total. The highest BCUT2D eigenvalue weighted by Gasteiger charge is 2.08. The van der Waals surface area contributed by atoms with E-state index in [0.717, 1.165) is 23.2 Å². The third kappa shape index (κ3) is 2.09. The van der Waals surface area contributed by atoms with Gasteiger partial charge in [0, 0.05) is 18.0 Å². The molecule has 1 aromatic rings. The molecule has 0 saturated carbocycles. The van der Waals surface area contributed by atoms with Gasteiger partial charge in [0.2, 0.25) is 0 Å². The van der Waals surface area contributed by atoms with Crippen LogP contribution in [0.2, 0.25) is 0 Å². The Morgan fingerprint density at radius 3 is 3.00 bits per heavy atom. The van der Waals surface area contributed by atoms with Crippen LogP contribution in [0.4, 0.5) is 5.69 Å². The van der Waals surface area contributed by atoms with Crippen molar-refractivity contribution in [1.29, 1.82) is 0 Å². The fraction of sp³-hybridized carbons (Fsp3) is 0.556. The van der Waals surface area contributed by atoms with E-state index in [1.807, 2.05) is 17.1 Å². The van der Waals surface area contributed by atoms with Crippen molar-refractivity contribution in [2.24, 2.45) is 4.99 Å². The minimum atomic E-state index is 0.406. The van der Waals surface area contributed by atoms with E-state index in [1.54, 1.807) is 11.8 Å². The summed E-state index contributed by atoms with van der Waals surface area (Å²) in [6, 6.07) is 0.406.